The van der Waals surface area contributed by atoms with Crippen molar-refractivity contribution in [2.45, 2.75) is 6.54 Å². The summed E-state index contributed by atoms with van der Waals surface area (Å²) in [6.45, 7) is 0.483. The number of anilines is 2. The van der Waals surface area contributed by atoms with E-state index in [0.29, 0.717) is 23.5 Å². The lowest BCUT2D eigenvalue weighted by Crippen LogP contribution is -2.18. The number of halogens is 1. The quantitative estimate of drug-likeness (QED) is 0.391. The molecule has 5 N–H and O–H groups in total. The third-order valence-electron chi connectivity index (χ3n) is 2.81. The van der Waals surface area contributed by atoms with Crippen LogP contribution in [0.1, 0.15) is 15.9 Å². The van der Waals surface area contributed by atoms with Crippen LogP contribution in [0, 0.1) is 5.82 Å². The normalized spacial score (nSPS) is 10.1. The Hall–Kier alpha value is -2.60. The van der Waals surface area contributed by atoms with E-state index in [2.05, 4.69) is 5.32 Å². The Morgan fingerprint density at radius 2 is 1.90 bits per heavy atom. The Bertz CT molecular complexity index is 614. The van der Waals surface area contributed by atoms with Gasteiger partial charge in [-0.05, 0) is 35.9 Å². The summed E-state index contributed by atoms with van der Waals surface area (Å²) in [4.78, 5) is 11.2. The summed E-state index contributed by atoms with van der Waals surface area (Å²) >= 11 is 0. The molecule has 0 aliphatic carbocycles. The van der Waals surface area contributed by atoms with Crippen LogP contribution in [-0.4, -0.2) is 11.1 Å². The second-order valence-corrected chi connectivity index (χ2v) is 4.22. The van der Waals surface area contributed by atoms with Crippen molar-refractivity contribution in [3.8, 4) is 0 Å². The number of carbonyl (C=O) groups excluding carboxylic acids is 1. The van der Waals surface area contributed by atoms with Gasteiger partial charge in [0.05, 0.1) is 11.4 Å². The molecule has 0 aromatic heterocycles. The van der Waals surface area contributed by atoms with Gasteiger partial charge >= 0.3 is 0 Å². The molecule has 1 amide bonds. The molecular weight excluding hydrogens is 261 g/mol. The SMILES string of the molecule is Nc1cc(F)ccc1NCc1ccc(C(=O)NO)cc1. The molecule has 0 saturated heterocycles. The van der Waals surface area contributed by atoms with Crippen LogP contribution in [0.3, 0.4) is 0 Å². The zero-order valence-corrected chi connectivity index (χ0v) is 10.6. The zero-order valence-electron chi connectivity index (χ0n) is 10.6. The molecule has 0 aliphatic rings. The number of rotatable bonds is 4. The first-order valence-corrected chi connectivity index (χ1v) is 5.92. The van der Waals surface area contributed by atoms with Gasteiger partial charge in [-0.1, -0.05) is 12.1 Å². The smallest absolute Gasteiger partial charge is 0.274 e. The van der Waals surface area contributed by atoms with Gasteiger partial charge in [-0.25, -0.2) is 9.87 Å². The van der Waals surface area contributed by atoms with Crippen LogP contribution in [0.15, 0.2) is 42.5 Å². The second kappa shape index (κ2) is 6.03. The molecule has 104 valence electrons. The van der Waals surface area contributed by atoms with Crippen LogP contribution in [0.4, 0.5) is 15.8 Å². The number of carbonyl (C=O) groups is 1. The fraction of sp³-hybridized carbons (Fsp3) is 0.0714. The number of hydroxylamine groups is 1. The van der Waals surface area contributed by atoms with E-state index < -0.39 is 5.91 Å². The first-order chi connectivity index (χ1) is 9.60. The summed E-state index contributed by atoms with van der Waals surface area (Å²) in [5.41, 5.74) is 9.50. The number of nitrogen functional groups attached to an aromatic ring is 1. The van der Waals surface area contributed by atoms with Crippen molar-refractivity contribution in [3.63, 3.8) is 0 Å². The van der Waals surface area contributed by atoms with Crippen LogP contribution in [-0.2, 0) is 6.54 Å². The van der Waals surface area contributed by atoms with Crippen LogP contribution in [0.5, 0.6) is 0 Å². The number of hydrogen-bond acceptors (Lipinski definition) is 4. The maximum absolute atomic E-state index is 12.9. The minimum atomic E-state index is -0.563. The predicted octanol–water partition coefficient (Wildman–Crippen LogP) is 2.14. The van der Waals surface area contributed by atoms with Crippen LogP contribution in [0.2, 0.25) is 0 Å². The number of amides is 1. The van der Waals surface area contributed by atoms with Crippen molar-refractivity contribution in [3.05, 3.63) is 59.4 Å². The first-order valence-electron chi connectivity index (χ1n) is 5.92. The van der Waals surface area contributed by atoms with Gasteiger partial charge in [-0.2, -0.15) is 0 Å². The van der Waals surface area contributed by atoms with Gasteiger partial charge in [-0.15, -0.1) is 0 Å². The third-order valence-corrected chi connectivity index (χ3v) is 2.81. The third kappa shape index (κ3) is 3.24. The van der Waals surface area contributed by atoms with E-state index >= 15 is 0 Å². The summed E-state index contributed by atoms with van der Waals surface area (Å²) in [6, 6.07) is 10.8. The molecule has 0 spiro atoms. The fourth-order valence-corrected chi connectivity index (χ4v) is 1.73. The minimum absolute atomic E-state index is 0.335. The van der Waals surface area contributed by atoms with E-state index in [1.54, 1.807) is 35.8 Å². The number of nitrogens with two attached hydrogens (primary N) is 1. The highest BCUT2D eigenvalue weighted by molar-refractivity contribution is 5.93. The first kappa shape index (κ1) is 13.8. The number of hydrogen-bond donors (Lipinski definition) is 4. The molecule has 2 aromatic rings. The van der Waals surface area contributed by atoms with Gasteiger partial charge in [-0.3, -0.25) is 10.0 Å². The molecule has 0 fully saturated rings. The van der Waals surface area contributed by atoms with E-state index in [0.717, 1.165) is 5.56 Å². The van der Waals surface area contributed by atoms with Crippen molar-refractivity contribution in [2.75, 3.05) is 11.1 Å². The van der Waals surface area contributed by atoms with Crippen molar-refractivity contribution >= 4 is 17.3 Å². The molecule has 0 bridgehead atoms. The monoisotopic (exact) mass is 275 g/mol. The Kier molecular flexibility index (Phi) is 4.17. The van der Waals surface area contributed by atoms with Gasteiger partial charge in [0.1, 0.15) is 5.82 Å². The van der Waals surface area contributed by atoms with Crippen molar-refractivity contribution in [1.29, 1.82) is 0 Å². The van der Waals surface area contributed by atoms with Crippen LogP contribution in [0.25, 0.3) is 0 Å². The Morgan fingerprint density at radius 3 is 2.50 bits per heavy atom. The molecule has 0 heterocycles. The van der Waals surface area contributed by atoms with Gasteiger partial charge < -0.3 is 11.1 Å². The van der Waals surface area contributed by atoms with Gasteiger partial charge in [0, 0.05) is 12.1 Å². The van der Waals surface area contributed by atoms with Crippen molar-refractivity contribution in [2.24, 2.45) is 0 Å². The van der Waals surface area contributed by atoms with Crippen molar-refractivity contribution in [1.82, 2.24) is 5.48 Å². The largest absolute Gasteiger partial charge is 0.397 e. The van der Waals surface area contributed by atoms with E-state index in [1.807, 2.05) is 0 Å². The average Bonchev–Trinajstić information content (AvgIpc) is 2.46. The lowest BCUT2D eigenvalue weighted by Gasteiger charge is -2.09. The fourth-order valence-electron chi connectivity index (χ4n) is 1.73. The highest BCUT2D eigenvalue weighted by Gasteiger charge is 2.04. The standard InChI is InChI=1S/C14H14FN3O2/c15-11-5-6-13(12(16)7-11)17-8-9-1-3-10(4-2-9)14(19)18-20/h1-7,17,20H,8,16H2,(H,18,19). The molecule has 0 aliphatic heterocycles. The maximum atomic E-state index is 12.9. The molecule has 2 aromatic carbocycles. The second-order valence-electron chi connectivity index (χ2n) is 4.22. The topological polar surface area (TPSA) is 87.4 Å². The summed E-state index contributed by atoms with van der Waals surface area (Å²) in [7, 11) is 0. The van der Waals surface area contributed by atoms with E-state index in [1.165, 1.54) is 12.1 Å². The Balaban J connectivity index is 2.02. The molecular formula is C14H14FN3O2. The van der Waals surface area contributed by atoms with E-state index in [-0.39, 0.29) is 5.82 Å². The van der Waals surface area contributed by atoms with Gasteiger partial charge in [0.25, 0.3) is 5.91 Å². The molecule has 0 unspecified atom stereocenters. The summed E-state index contributed by atoms with van der Waals surface area (Å²) < 4.78 is 12.9. The van der Waals surface area contributed by atoms with Gasteiger partial charge in [0.2, 0.25) is 0 Å². The average molecular weight is 275 g/mol. The summed E-state index contributed by atoms with van der Waals surface area (Å²) in [5, 5.41) is 11.6. The lowest BCUT2D eigenvalue weighted by molar-refractivity contribution is 0.0706. The highest BCUT2D eigenvalue weighted by atomic mass is 19.1. The molecule has 0 radical (unpaired) electrons. The minimum Gasteiger partial charge on any atom is -0.397 e. The maximum Gasteiger partial charge on any atom is 0.274 e. The summed E-state index contributed by atoms with van der Waals surface area (Å²) in [5.74, 6) is -0.945. The molecule has 6 heteroatoms. The lowest BCUT2D eigenvalue weighted by atomic mass is 10.1. The van der Waals surface area contributed by atoms with E-state index in [4.69, 9.17) is 10.9 Å². The molecule has 5 nitrogen and oxygen atoms in total. The molecule has 20 heavy (non-hydrogen) atoms. The number of benzene rings is 2. The zero-order chi connectivity index (χ0) is 14.5. The van der Waals surface area contributed by atoms with E-state index in [9.17, 15) is 9.18 Å². The molecule has 0 saturated carbocycles. The predicted molar refractivity (Wildman–Crippen MR) is 73.8 cm³/mol. The molecule has 2 rings (SSSR count). The summed E-state index contributed by atoms with van der Waals surface area (Å²) in [6.07, 6.45) is 0. The number of nitrogens with one attached hydrogen (secondary N) is 2. The van der Waals surface area contributed by atoms with Crippen molar-refractivity contribution < 1.29 is 14.4 Å². The highest BCUT2D eigenvalue weighted by Crippen LogP contribution is 2.19. The Morgan fingerprint density at radius 1 is 1.20 bits per heavy atom. The molecule has 0 atom stereocenters. The van der Waals surface area contributed by atoms with Crippen LogP contribution >= 0.6 is 0 Å². The van der Waals surface area contributed by atoms with Gasteiger partial charge in [0.15, 0.2) is 0 Å². The Labute approximate surface area is 115 Å². The van der Waals surface area contributed by atoms with Crippen LogP contribution < -0.4 is 16.5 Å².